The maximum absolute atomic E-state index is 11.5. The van der Waals surface area contributed by atoms with Crippen LogP contribution in [0.4, 0.5) is 0 Å². The molecule has 0 aromatic heterocycles. The Morgan fingerprint density at radius 2 is 1.94 bits per heavy atom. The monoisotopic (exact) mass is 239 g/mol. The van der Waals surface area contributed by atoms with Gasteiger partial charge in [0.05, 0.1) is 16.2 Å². The average Bonchev–Trinajstić information content (AvgIpc) is 2.56. The van der Waals surface area contributed by atoms with Crippen molar-refractivity contribution in [2.45, 2.75) is 42.6 Å². The Balaban J connectivity index is 1.74. The van der Waals surface area contributed by atoms with Crippen LogP contribution in [0.25, 0.3) is 0 Å². The molecule has 5 aliphatic rings. The highest BCUT2D eigenvalue weighted by atomic mass is 32.2. The lowest BCUT2D eigenvalue weighted by molar-refractivity contribution is -0.150. The van der Waals surface area contributed by atoms with Gasteiger partial charge in [0.25, 0.3) is 0 Å². The fraction of sp³-hybridized carbons (Fsp3) is 0.917. The van der Waals surface area contributed by atoms with Crippen LogP contribution in [0.2, 0.25) is 0 Å². The summed E-state index contributed by atoms with van der Waals surface area (Å²) in [4.78, 5) is 11.5. The largest absolute Gasteiger partial charge is 0.390 e. The molecule has 4 heteroatoms. The molecule has 2 atom stereocenters. The molecule has 16 heavy (non-hydrogen) atoms. The summed E-state index contributed by atoms with van der Waals surface area (Å²) in [6, 6.07) is 0. The number of thioether (sulfide) groups is 1. The normalized spacial score (nSPS) is 58.3. The lowest BCUT2D eigenvalue weighted by Gasteiger charge is -2.62. The molecule has 1 aliphatic heterocycles. The smallest absolute Gasteiger partial charge is 0.231 e. The van der Waals surface area contributed by atoms with Gasteiger partial charge in [0, 0.05) is 0 Å². The summed E-state index contributed by atoms with van der Waals surface area (Å²) in [7, 11) is 0. The molecule has 88 valence electrons. The van der Waals surface area contributed by atoms with Crippen molar-refractivity contribution in [3.8, 4) is 0 Å². The number of nitrogens with one attached hydrogen (secondary N) is 1. The van der Waals surface area contributed by atoms with Crippen LogP contribution in [0.3, 0.4) is 0 Å². The highest BCUT2D eigenvalue weighted by Gasteiger charge is 2.64. The Labute approximate surface area is 99.4 Å². The quantitative estimate of drug-likeness (QED) is 0.666. The lowest BCUT2D eigenvalue weighted by Crippen LogP contribution is -2.66. The fourth-order valence-corrected chi connectivity index (χ4v) is 6.30. The maximum Gasteiger partial charge on any atom is 0.231 e. The van der Waals surface area contributed by atoms with Gasteiger partial charge in [-0.1, -0.05) is 0 Å². The van der Waals surface area contributed by atoms with Crippen molar-refractivity contribution >= 4 is 17.7 Å². The molecular weight excluding hydrogens is 222 g/mol. The van der Waals surface area contributed by atoms with E-state index >= 15 is 0 Å². The summed E-state index contributed by atoms with van der Waals surface area (Å²) in [5, 5.41) is 13.7. The van der Waals surface area contributed by atoms with Crippen molar-refractivity contribution in [2.75, 3.05) is 5.75 Å². The SMILES string of the molecule is O=C1CSC2(N1)C1CC3CC2CC(O)(C3)C1. The minimum atomic E-state index is -0.393. The molecule has 1 saturated heterocycles. The average molecular weight is 239 g/mol. The third kappa shape index (κ3) is 1.07. The minimum absolute atomic E-state index is 0.000231. The molecule has 1 spiro atoms. The minimum Gasteiger partial charge on any atom is -0.390 e. The fourth-order valence-electron chi connectivity index (χ4n) is 4.84. The summed E-state index contributed by atoms with van der Waals surface area (Å²) in [5.41, 5.74) is -0.393. The van der Waals surface area contributed by atoms with Crippen LogP contribution in [0.15, 0.2) is 0 Å². The second kappa shape index (κ2) is 2.78. The van der Waals surface area contributed by atoms with E-state index < -0.39 is 5.60 Å². The van der Waals surface area contributed by atoms with Gasteiger partial charge in [0.15, 0.2) is 0 Å². The van der Waals surface area contributed by atoms with E-state index in [1.54, 1.807) is 0 Å². The Morgan fingerprint density at radius 1 is 1.25 bits per heavy atom. The number of aliphatic hydroxyl groups is 1. The number of rotatable bonds is 0. The van der Waals surface area contributed by atoms with Crippen molar-refractivity contribution in [3.63, 3.8) is 0 Å². The Hall–Kier alpha value is -0.220. The van der Waals surface area contributed by atoms with Crippen molar-refractivity contribution in [2.24, 2.45) is 17.8 Å². The van der Waals surface area contributed by atoms with Crippen LogP contribution in [0.5, 0.6) is 0 Å². The molecule has 5 fully saturated rings. The van der Waals surface area contributed by atoms with Crippen LogP contribution in [-0.2, 0) is 4.79 Å². The molecule has 0 aromatic rings. The number of carbonyl (C=O) groups excluding carboxylic acids is 1. The van der Waals surface area contributed by atoms with Gasteiger partial charge < -0.3 is 10.4 Å². The van der Waals surface area contributed by atoms with Gasteiger partial charge >= 0.3 is 0 Å². The zero-order chi connectivity index (χ0) is 11.0. The van der Waals surface area contributed by atoms with Gasteiger partial charge in [-0.25, -0.2) is 0 Å². The lowest BCUT2D eigenvalue weighted by atomic mass is 9.52. The van der Waals surface area contributed by atoms with E-state index in [1.807, 2.05) is 11.8 Å². The summed E-state index contributed by atoms with van der Waals surface area (Å²) in [6.07, 6.45) is 5.26. The summed E-state index contributed by atoms with van der Waals surface area (Å²) < 4.78 is 0. The predicted molar refractivity (Wildman–Crippen MR) is 61.8 cm³/mol. The van der Waals surface area contributed by atoms with Crippen LogP contribution in [0, 0.1) is 17.8 Å². The standard InChI is InChI=1S/C12H17NO2S/c14-10-6-16-12(13-10)8-1-7-2-9(12)5-11(15,3-7)4-8/h7-9,15H,1-6H2,(H,13,14). The van der Waals surface area contributed by atoms with Crippen molar-refractivity contribution in [1.29, 1.82) is 0 Å². The Morgan fingerprint density at radius 3 is 2.44 bits per heavy atom. The van der Waals surface area contributed by atoms with Crippen molar-refractivity contribution < 1.29 is 9.90 Å². The third-order valence-corrected chi connectivity index (χ3v) is 6.80. The van der Waals surface area contributed by atoms with E-state index in [4.69, 9.17) is 0 Å². The first-order chi connectivity index (χ1) is 7.60. The second-order valence-electron chi connectivity index (χ2n) is 6.20. The summed E-state index contributed by atoms with van der Waals surface area (Å²) >= 11 is 1.82. The van der Waals surface area contributed by atoms with Crippen LogP contribution in [-0.4, -0.2) is 27.2 Å². The molecule has 0 aromatic carbocycles. The molecule has 4 aliphatic carbocycles. The molecule has 5 rings (SSSR count). The van der Waals surface area contributed by atoms with Gasteiger partial charge in [0.2, 0.25) is 5.91 Å². The molecule has 4 bridgehead atoms. The predicted octanol–water partition coefficient (Wildman–Crippen LogP) is 1.12. The van der Waals surface area contributed by atoms with E-state index in [2.05, 4.69) is 5.32 Å². The second-order valence-corrected chi connectivity index (χ2v) is 7.45. The van der Waals surface area contributed by atoms with Gasteiger partial charge in [0.1, 0.15) is 0 Å². The molecule has 3 nitrogen and oxygen atoms in total. The molecule has 2 N–H and O–H groups in total. The topological polar surface area (TPSA) is 49.3 Å². The number of carbonyl (C=O) groups is 1. The zero-order valence-corrected chi connectivity index (χ0v) is 10.1. The number of amides is 1. The highest BCUT2D eigenvalue weighted by Crippen LogP contribution is 2.63. The summed E-state index contributed by atoms with van der Waals surface area (Å²) in [6.45, 7) is 0. The Bertz CT molecular complexity index is 354. The number of hydrogen-bond acceptors (Lipinski definition) is 3. The third-order valence-electron chi connectivity index (χ3n) is 5.15. The molecule has 4 saturated carbocycles. The van der Waals surface area contributed by atoms with Gasteiger partial charge in [-0.3, -0.25) is 4.79 Å². The van der Waals surface area contributed by atoms with Crippen molar-refractivity contribution in [1.82, 2.24) is 5.32 Å². The van der Waals surface area contributed by atoms with Gasteiger partial charge in [-0.2, -0.15) is 0 Å². The van der Waals surface area contributed by atoms with E-state index in [0.29, 0.717) is 23.5 Å². The first-order valence-corrected chi connectivity index (χ1v) is 7.26. The zero-order valence-electron chi connectivity index (χ0n) is 9.24. The van der Waals surface area contributed by atoms with E-state index in [-0.39, 0.29) is 10.8 Å². The molecule has 2 unspecified atom stereocenters. The molecule has 1 amide bonds. The number of hydrogen-bond donors (Lipinski definition) is 2. The van der Waals surface area contributed by atoms with Crippen LogP contribution >= 0.6 is 11.8 Å². The van der Waals surface area contributed by atoms with E-state index in [9.17, 15) is 9.90 Å². The molecular formula is C12H17NO2S. The van der Waals surface area contributed by atoms with E-state index in [0.717, 1.165) is 19.3 Å². The first-order valence-electron chi connectivity index (χ1n) is 6.27. The molecule has 1 heterocycles. The van der Waals surface area contributed by atoms with Crippen LogP contribution < -0.4 is 5.32 Å². The van der Waals surface area contributed by atoms with Gasteiger partial charge in [-0.05, 0) is 49.9 Å². The maximum atomic E-state index is 11.5. The highest BCUT2D eigenvalue weighted by molar-refractivity contribution is 8.01. The Kier molecular flexibility index (Phi) is 1.70. The van der Waals surface area contributed by atoms with E-state index in [1.165, 1.54) is 12.8 Å². The molecule has 0 radical (unpaired) electrons. The van der Waals surface area contributed by atoms with Crippen molar-refractivity contribution in [3.05, 3.63) is 0 Å². The van der Waals surface area contributed by atoms with Crippen LogP contribution in [0.1, 0.15) is 32.1 Å². The first kappa shape index (κ1) is 9.77. The van der Waals surface area contributed by atoms with Gasteiger partial charge in [-0.15, -0.1) is 11.8 Å². The summed E-state index contributed by atoms with van der Waals surface area (Å²) in [5.74, 6) is 2.56.